The van der Waals surface area contributed by atoms with Crippen molar-refractivity contribution in [3.05, 3.63) is 56.7 Å². The fourth-order valence-electron chi connectivity index (χ4n) is 2.71. The highest BCUT2D eigenvalue weighted by molar-refractivity contribution is 9.10. The molecule has 25 heavy (non-hydrogen) atoms. The van der Waals surface area contributed by atoms with Crippen molar-refractivity contribution < 1.29 is 4.79 Å². The van der Waals surface area contributed by atoms with Crippen molar-refractivity contribution in [2.45, 2.75) is 19.9 Å². The van der Waals surface area contributed by atoms with Crippen molar-refractivity contribution >= 4 is 64.9 Å². The van der Waals surface area contributed by atoms with Crippen LogP contribution in [0, 0.1) is 0 Å². The van der Waals surface area contributed by atoms with Crippen LogP contribution in [0.4, 0.5) is 0 Å². The number of hydrogen-bond donors (Lipinski definition) is 0. The number of halogens is 1. The van der Waals surface area contributed by atoms with E-state index in [1.54, 1.807) is 22.9 Å². The minimum absolute atomic E-state index is 0.217. The summed E-state index contributed by atoms with van der Waals surface area (Å²) < 4.78 is 5.27. The van der Waals surface area contributed by atoms with Crippen molar-refractivity contribution in [2.24, 2.45) is 4.99 Å². The van der Waals surface area contributed by atoms with Crippen molar-refractivity contribution in [1.82, 2.24) is 9.55 Å². The Bertz CT molecular complexity index is 1160. The lowest BCUT2D eigenvalue weighted by Gasteiger charge is -2.02. The molecule has 1 amide bonds. The number of aromatic nitrogens is 2. The van der Waals surface area contributed by atoms with Gasteiger partial charge in [-0.2, -0.15) is 4.99 Å². The van der Waals surface area contributed by atoms with E-state index in [1.807, 2.05) is 18.2 Å². The van der Waals surface area contributed by atoms with Crippen LogP contribution in [0.5, 0.6) is 0 Å². The molecule has 0 radical (unpaired) electrons. The summed E-state index contributed by atoms with van der Waals surface area (Å²) in [6.45, 7) is 2.96. The van der Waals surface area contributed by atoms with Gasteiger partial charge in [-0.05, 0) is 42.8 Å². The van der Waals surface area contributed by atoms with Crippen LogP contribution in [0.3, 0.4) is 0 Å². The Morgan fingerprint density at radius 1 is 1.24 bits per heavy atom. The van der Waals surface area contributed by atoms with E-state index in [1.165, 1.54) is 11.3 Å². The van der Waals surface area contributed by atoms with Gasteiger partial charge in [0.15, 0.2) is 4.80 Å². The summed E-state index contributed by atoms with van der Waals surface area (Å²) in [5.74, 6) is -0.217. The summed E-state index contributed by atoms with van der Waals surface area (Å²) >= 11 is 6.58. The number of aryl methyl sites for hydroxylation is 1. The highest BCUT2D eigenvalue weighted by atomic mass is 79.9. The molecule has 0 aliphatic heterocycles. The average molecular weight is 432 g/mol. The number of nitrogens with zero attached hydrogens (tertiary/aromatic N) is 3. The molecule has 0 spiro atoms. The summed E-state index contributed by atoms with van der Waals surface area (Å²) in [5.41, 5.74) is 4.40. The van der Waals surface area contributed by atoms with Crippen LogP contribution < -0.4 is 4.80 Å². The molecule has 7 heteroatoms. The third-order valence-corrected chi connectivity index (χ3v) is 6.19. The normalized spacial score (nSPS) is 12.3. The topological polar surface area (TPSA) is 47.2 Å². The second-order valence-corrected chi connectivity index (χ2v) is 8.41. The first kappa shape index (κ1) is 16.6. The number of carbonyl (C=O) groups excluding carboxylic acids is 1. The Kier molecular flexibility index (Phi) is 4.54. The number of rotatable bonds is 3. The summed E-state index contributed by atoms with van der Waals surface area (Å²) in [4.78, 5) is 22.1. The monoisotopic (exact) mass is 431 g/mol. The van der Waals surface area contributed by atoms with Crippen LogP contribution >= 0.6 is 38.6 Å². The number of amides is 1. The zero-order chi connectivity index (χ0) is 17.4. The van der Waals surface area contributed by atoms with Gasteiger partial charge in [0.1, 0.15) is 0 Å². The fraction of sp³-hybridized carbons (Fsp3) is 0.167. The Labute approximate surface area is 160 Å². The Hall–Kier alpha value is -1.83. The molecule has 0 saturated heterocycles. The lowest BCUT2D eigenvalue weighted by Crippen LogP contribution is -2.16. The third kappa shape index (κ3) is 3.19. The van der Waals surface area contributed by atoms with Crippen LogP contribution in [0.15, 0.2) is 51.4 Å². The van der Waals surface area contributed by atoms with Gasteiger partial charge in [-0.15, -0.1) is 11.3 Å². The number of hydrogen-bond acceptors (Lipinski definition) is 4. The largest absolute Gasteiger partial charge is 0.316 e. The molecule has 0 bridgehead atoms. The minimum Gasteiger partial charge on any atom is -0.316 e. The van der Waals surface area contributed by atoms with Gasteiger partial charge in [0.2, 0.25) is 0 Å². The maximum Gasteiger partial charge on any atom is 0.279 e. The quantitative estimate of drug-likeness (QED) is 0.445. The smallest absolute Gasteiger partial charge is 0.279 e. The van der Waals surface area contributed by atoms with Gasteiger partial charge in [0, 0.05) is 16.6 Å². The van der Waals surface area contributed by atoms with Gasteiger partial charge in [0.25, 0.3) is 5.91 Å². The Balaban J connectivity index is 1.83. The van der Waals surface area contributed by atoms with Crippen molar-refractivity contribution in [2.75, 3.05) is 0 Å². The van der Waals surface area contributed by atoms with E-state index in [-0.39, 0.29) is 5.91 Å². The molecule has 0 saturated carbocycles. The van der Waals surface area contributed by atoms with Gasteiger partial charge < -0.3 is 4.57 Å². The molecule has 0 unspecified atom stereocenters. The average Bonchev–Trinajstić information content (AvgIpc) is 3.19. The molecular weight excluding hydrogens is 418 g/mol. The van der Waals surface area contributed by atoms with Crippen molar-refractivity contribution in [1.29, 1.82) is 0 Å². The second kappa shape index (κ2) is 6.82. The van der Waals surface area contributed by atoms with Gasteiger partial charge >= 0.3 is 0 Å². The molecule has 2 aromatic carbocycles. The first-order valence-corrected chi connectivity index (χ1v) is 10.4. The summed E-state index contributed by atoms with van der Waals surface area (Å²) in [7, 11) is 0. The van der Waals surface area contributed by atoms with Crippen LogP contribution in [0.25, 0.3) is 20.4 Å². The highest BCUT2D eigenvalue weighted by Gasteiger charge is 2.10. The summed E-state index contributed by atoms with van der Waals surface area (Å²) in [5, 5.41) is 0. The lowest BCUT2D eigenvalue weighted by molar-refractivity contribution is 0.0998. The molecular formula is C18H14BrN3OS2. The van der Waals surface area contributed by atoms with E-state index in [0.717, 1.165) is 42.7 Å². The predicted octanol–water partition coefficient (Wildman–Crippen LogP) is 5.23. The molecule has 0 atom stereocenters. The lowest BCUT2D eigenvalue weighted by atomic mass is 10.2. The molecule has 2 aromatic heterocycles. The van der Waals surface area contributed by atoms with E-state index >= 15 is 0 Å². The molecule has 4 nitrogen and oxygen atoms in total. The van der Waals surface area contributed by atoms with Crippen LogP contribution in [0.1, 0.15) is 23.7 Å². The fourth-order valence-corrected chi connectivity index (χ4v) is 5.03. The van der Waals surface area contributed by atoms with Gasteiger partial charge in [-0.1, -0.05) is 34.2 Å². The van der Waals surface area contributed by atoms with Crippen LogP contribution in [-0.2, 0) is 6.54 Å². The second-order valence-electron chi connectivity index (χ2n) is 5.60. The van der Waals surface area contributed by atoms with E-state index in [9.17, 15) is 4.79 Å². The standard InChI is InChI=1S/C18H14BrN3OS2/c1-2-7-22-14-6-4-12(19)9-16(14)25-18(22)21-17(23)11-3-5-13-15(8-11)24-10-20-13/h3-6,8-10H,2,7H2,1H3. The molecule has 0 N–H and O–H groups in total. The Morgan fingerprint density at radius 2 is 2.12 bits per heavy atom. The van der Waals surface area contributed by atoms with Gasteiger partial charge in [-0.3, -0.25) is 4.79 Å². The molecule has 126 valence electrons. The van der Waals surface area contributed by atoms with E-state index < -0.39 is 0 Å². The Morgan fingerprint density at radius 3 is 2.96 bits per heavy atom. The van der Waals surface area contributed by atoms with E-state index in [2.05, 4.69) is 49.5 Å². The van der Waals surface area contributed by atoms with Gasteiger partial charge in [-0.25, -0.2) is 4.98 Å². The van der Waals surface area contributed by atoms with Crippen molar-refractivity contribution in [3.8, 4) is 0 Å². The van der Waals surface area contributed by atoms with Crippen LogP contribution in [0.2, 0.25) is 0 Å². The minimum atomic E-state index is -0.217. The predicted molar refractivity (Wildman–Crippen MR) is 107 cm³/mol. The molecule has 0 fully saturated rings. The number of carbonyl (C=O) groups is 1. The molecule has 2 heterocycles. The summed E-state index contributed by atoms with van der Waals surface area (Å²) in [6, 6.07) is 11.7. The SMILES string of the molecule is CCCn1c(=NC(=O)c2ccc3ncsc3c2)sc2cc(Br)ccc21. The molecule has 0 aliphatic carbocycles. The van der Waals surface area contributed by atoms with Crippen LogP contribution in [-0.4, -0.2) is 15.5 Å². The van der Waals surface area contributed by atoms with E-state index in [0.29, 0.717) is 5.56 Å². The van der Waals surface area contributed by atoms with E-state index in [4.69, 9.17) is 0 Å². The number of fused-ring (bicyclic) bond motifs is 2. The first-order valence-electron chi connectivity index (χ1n) is 7.87. The summed E-state index contributed by atoms with van der Waals surface area (Å²) in [6.07, 6.45) is 0.982. The first-order chi connectivity index (χ1) is 12.2. The number of thiazole rings is 2. The molecule has 4 rings (SSSR count). The molecule has 0 aliphatic rings. The third-order valence-electron chi connectivity index (χ3n) is 3.87. The zero-order valence-electron chi connectivity index (χ0n) is 13.4. The molecule has 4 aromatic rings. The number of benzene rings is 2. The van der Waals surface area contributed by atoms with Gasteiger partial charge in [0.05, 0.1) is 25.9 Å². The van der Waals surface area contributed by atoms with Crippen molar-refractivity contribution in [3.63, 3.8) is 0 Å². The maximum absolute atomic E-state index is 12.7. The highest BCUT2D eigenvalue weighted by Crippen LogP contribution is 2.23. The zero-order valence-corrected chi connectivity index (χ0v) is 16.6. The maximum atomic E-state index is 12.7.